The summed E-state index contributed by atoms with van der Waals surface area (Å²) in [6.45, 7) is 0.832. The molecule has 36 heavy (non-hydrogen) atoms. The maximum atomic E-state index is 13.9. The van der Waals surface area contributed by atoms with Crippen molar-refractivity contribution >= 4 is 11.8 Å². The van der Waals surface area contributed by atoms with E-state index >= 15 is 0 Å². The summed E-state index contributed by atoms with van der Waals surface area (Å²) in [6, 6.07) is 3.07. The molecule has 2 aliphatic carbocycles. The van der Waals surface area contributed by atoms with Crippen molar-refractivity contribution in [3.63, 3.8) is 0 Å². The molecule has 2 saturated carbocycles. The first-order valence-electron chi connectivity index (χ1n) is 12.6. The summed E-state index contributed by atoms with van der Waals surface area (Å²) in [5, 5.41) is 16.7. The summed E-state index contributed by atoms with van der Waals surface area (Å²) in [4.78, 5) is 41.3. The number of aromatic hydroxyl groups is 1. The number of benzene rings is 1. The lowest BCUT2D eigenvalue weighted by atomic mass is 9.72. The second-order valence-corrected chi connectivity index (χ2v) is 10.5. The summed E-state index contributed by atoms with van der Waals surface area (Å²) in [5.74, 6) is -2.09. The number of hydrogen-bond acceptors (Lipinski definition) is 5. The Labute approximate surface area is 206 Å². The summed E-state index contributed by atoms with van der Waals surface area (Å²) in [5.41, 5.74) is -1.34. The quantitative estimate of drug-likeness (QED) is 0.601. The van der Waals surface area contributed by atoms with Crippen LogP contribution in [0.3, 0.4) is 0 Å². The number of halogens is 2. The fourth-order valence-corrected chi connectivity index (χ4v) is 6.45. The molecule has 1 aromatic carbocycles. The fourth-order valence-electron chi connectivity index (χ4n) is 6.45. The molecule has 3 N–H and O–H groups in total. The maximum Gasteiger partial charge on any atom is 0.276 e. The number of hydrogen-bond donors (Lipinski definition) is 3. The Balaban J connectivity index is 1.29. The van der Waals surface area contributed by atoms with Crippen molar-refractivity contribution in [1.29, 1.82) is 0 Å². The number of fused-ring (bicyclic) bond motifs is 4. The average Bonchev–Trinajstić information content (AvgIpc) is 3.70. The maximum absolute atomic E-state index is 13.9. The van der Waals surface area contributed by atoms with Crippen molar-refractivity contribution < 1.29 is 23.5 Å². The van der Waals surface area contributed by atoms with Crippen LogP contribution in [0.4, 0.5) is 8.78 Å². The SMILES string of the molecule is O=C(NCc1ccc(F)cc1F)c1cn2c(c(O)c1=O)C(=O)N1C(C2)NCC2CCCC(C3CC3)C21. The minimum Gasteiger partial charge on any atom is -0.503 e. The van der Waals surface area contributed by atoms with Crippen molar-refractivity contribution in [2.24, 2.45) is 17.8 Å². The highest BCUT2D eigenvalue weighted by Gasteiger charge is 2.52. The topological polar surface area (TPSA) is 104 Å². The molecule has 3 heterocycles. The summed E-state index contributed by atoms with van der Waals surface area (Å²) >= 11 is 0. The minimum absolute atomic E-state index is 0.0523. The number of aromatic nitrogens is 1. The number of carbonyl (C=O) groups excluding carboxylic acids is 2. The van der Waals surface area contributed by atoms with E-state index in [2.05, 4.69) is 10.6 Å². The van der Waals surface area contributed by atoms with Gasteiger partial charge in [-0.25, -0.2) is 8.78 Å². The summed E-state index contributed by atoms with van der Waals surface area (Å²) in [7, 11) is 0. The van der Waals surface area contributed by atoms with E-state index in [1.165, 1.54) is 29.7 Å². The highest BCUT2D eigenvalue weighted by molar-refractivity contribution is 5.99. The Kier molecular flexibility index (Phi) is 5.59. The van der Waals surface area contributed by atoms with Gasteiger partial charge in [0.2, 0.25) is 5.43 Å². The molecule has 190 valence electrons. The van der Waals surface area contributed by atoms with Crippen molar-refractivity contribution in [3.8, 4) is 5.75 Å². The van der Waals surface area contributed by atoms with Gasteiger partial charge in [0.15, 0.2) is 11.4 Å². The minimum atomic E-state index is -0.950. The molecule has 10 heteroatoms. The van der Waals surface area contributed by atoms with Crippen LogP contribution in [0.5, 0.6) is 5.75 Å². The van der Waals surface area contributed by atoms with Crippen LogP contribution in [0.1, 0.15) is 58.5 Å². The van der Waals surface area contributed by atoms with Gasteiger partial charge in [-0.3, -0.25) is 19.7 Å². The molecule has 0 spiro atoms. The molecule has 2 amide bonds. The highest BCUT2D eigenvalue weighted by Crippen LogP contribution is 2.49. The van der Waals surface area contributed by atoms with E-state index in [0.717, 1.165) is 31.9 Å². The monoisotopic (exact) mass is 498 g/mol. The van der Waals surface area contributed by atoms with Crippen molar-refractivity contribution in [2.75, 3.05) is 6.54 Å². The average molecular weight is 499 g/mol. The third-order valence-electron chi connectivity index (χ3n) is 8.30. The first-order chi connectivity index (χ1) is 17.3. The van der Waals surface area contributed by atoms with Crippen LogP contribution in [0, 0.1) is 29.4 Å². The van der Waals surface area contributed by atoms with E-state index in [0.29, 0.717) is 30.4 Å². The van der Waals surface area contributed by atoms with E-state index in [9.17, 15) is 28.3 Å². The molecule has 6 rings (SSSR count). The lowest BCUT2D eigenvalue weighted by Crippen LogP contribution is -2.68. The van der Waals surface area contributed by atoms with E-state index in [-0.39, 0.29) is 35.6 Å². The molecule has 1 aromatic heterocycles. The van der Waals surface area contributed by atoms with Crippen molar-refractivity contribution in [3.05, 3.63) is 63.1 Å². The van der Waals surface area contributed by atoms with E-state index < -0.39 is 34.6 Å². The van der Waals surface area contributed by atoms with E-state index in [1.807, 2.05) is 4.90 Å². The molecule has 2 aromatic rings. The van der Waals surface area contributed by atoms with Gasteiger partial charge in [-0.05, 0) is 49.5 Å². The zero-order valence-electron chi connectivity index (χ0n) is 19.7. The Morgan fingerprint density at radius 3 is 2.69 bits per heavy atom. The predicted octanol–water partition coefficient (Wildman–Crippen LogP) is 2.34. The standard InChI is InChI=1S/C26H28F2N4O4/c27-16-7-6-14(19(28)8-16)9-30-25(35)18-11-31-12-20-29-10-15-2-1-3-17(13-4-5-13)21(15)32(20)26(36)22(31)24(34)23(18)33/h6-8,11,13,15,17,20-21,29,34H,1-5,9-10,12H2,(H,30,35). The Morgan fingerprint density at radius 2 is 1.94 bits per heavy atom. The van der Waals surface area contributed by atoms with Gasteiger partial charge in [0.1, 0.15) is 23.4 Å². The first kappa shape index (κ1) is 23.1. The number of amides is 2. The molecule has 4 atom stereocenters. The number of pyridine rings is 1. The number of carbonyl (C=O) groups is 2. The van der Waals surface area contributed by atoms with Crippen LogP contribution in [0.15, 0.2) is 29.2 Å². The van der Waals surface area contributed by atoms with Gasteiger partial charge in [-0.15, -0.1) is 0 Å². The third kappa shape index (κ3) is 3.78. The van der Waals surface area contributed by atoms with Crippen LogP contribution in [-0.4, -0.2) is 45.1 Å². The molecular weight excluding hydrogens is 470 g/mol. The summed E-state index contributed by atoms with van der Waals surface area (Å²) in [6.07, 6.45) is 6.66. The van der Waals surface area contributed by atoms with Crippen LogP contribution in [-0.2, 0) is 13.1 Å². The van der Waals surface area contributed by atoms with E-state index in [4.69, 9.17) is 0 Å². The second-order valence-electron chi connectivity index (χ2n) is 10.5. The fraction of sp³-hybridized carbons (Fsp3) is 0.500. The van der Waals surface area contributed by atoms with Crippen LogP contribution >= 0.6 is 0 Å². The number of rotatable bonds is 4. The van der Waals surface area contributed by atoms with Crippen LogP contribution in [0.2, 0.25) is 0 Å². The van der Waals surface area contributed by atoms with Gasteiger partial charge in [0.05, 0.1) is 6.54 Å². The van der Waals surface area contributed by atoms with Crippen LogP contribution in [0.25, 0.3) is 0 Å². The lowest BCUT2D eigenvalue weighted by molar-refractivity contribution is -0.0297. The van der Waals surface area contributed by atoms with Gasteiger partial charge >= 0.3 is 0 Å². The molecule has 1 saturated heterocycles. The number of nitrogens with one attached hydrogen (secondary N) is 2. The lowest BCUT2D eigenvalue weighted by Gasteiger charge is -2.54. The van der Waals surface area contributed by atoms with Gasteiger partial charge in [-0.1, -0.05) is 12.5 Å². The van der Waals surface area contributed by atoms with Gasteiger partial charge in [-0.2, -0.15) is 0 Å². The molecular formula is C26H28F2N4O4. The second kappa shape index (κ2) is 8.69. The van der Waals surface area contributed by atoms with Gasteiger partial charge in [0.25, 0.3) is 11.8 Å². The molecule has 8 nitrogen and oxygen atoms in total. The smallest absolute Gasteiger partial charge is 0.276 e. The molecule has 4 unspecified atom stereocenters. The third-order valence-corrected chi connectivity index (χ3v) is 8.30. The molecule has 4 aliphatic rings. The molecule has 3 fully saturated rings. The van der Waals surface area contributed by atoms with E-state index in [1.54, 1.807) is 0 Å². The van der Waals surface area contributed by atoms with Gasteiger partial charge < -0.3 is 19.9 Å². The van der Waals surface area contributed by atoms with Crippen molar-refractivity contribution in [1.82, 2.24) is 20.1 Å². The summed E-state index contributed by atoms with van der Waals surface area (Å²) < 4.78 is 28.5. The largest absolute Gasteiger partial charge is 0.503 e. The zero-order valence-corrected chi connectivity index (χ0v) is 19.7. The highest BCUT2D eigenvalue weighted by atomic mass is 19.1. The number of nitrogens with zero attached hydrogens (tertiary/aromatic N) is 2. The zero-order chi connectivity index (χ0) is 25.1. The Bertz CT molecular complexity index is 1310. The molecule has 0 radical (unpaired) electrons. The Morgan fingerprint density at radius 1 is 1.14 bits per heavy atom. The molecule has 2 aliphatic heterocycles. The van der Waals surface area contributed by atoms with Crippen LogP contribution < -0.4 is 16.1 Å². The first-order valence-corrected chi connectivity index (χ1v) is 12.6. The normalized spacial score (nSPS) is 27.2. The van der Waals surface area contributed by atoms with Crippen molar-refractivity contribution in [2.45, 2.75) is 57.4 Å². The van der Waals surface area contributed by atoms with Gasteiger partial charge in [0, 0.05) is 37.0 Å². The predicted molar refractivity (Wildman–Crippen MR) is 125 cm³/mol. The Hall–Kier alpha value is -3.27. The molecule has 0 bridgehead atoms.